The number of aliphatic hydroxyl groups is 5. The fourth-order valence-electron chi connectivity index (χ4n) is 9.12. The number of esters is 1. The monoisotopic (exact) mass is 954 g/mol. The Labute approximate surface area is 410 Å². The number of unbranched alkanes of at least 4 members (excludes halogenated alkanes) is 34. The summed E-state index contributed by atoms with van der Waals surface area (Å²) in [5.41, 5.74) is 0. The van der Waals surface area contributed by atoms with Crippen LogP contribution in [0, 0.1) is 0 Å². The summed E-state index contributed by atoms with van der Waals surface area (Å²) in [6, 6.07) is -1.01. The van der Waals surface area contributed by atoms with Gasteiger partial charge < -0.3 is 45.1 Å². The van der Waals surface area contributed by atoms with Crippen LogP contribution in [0.1, 0.15) is 271 Å². The standard InChI is InChI=1S/C56H107NO10/c1-4-7-10-13-16-19-22-24-26-29-31-34-37-40-43-49(60)55(64)57-47(48(59)42-39-36-33-30-28-25-23-20-17-14-11-8-5-2)46-65-56-54(53(63)52(62)50(45-58)66-56)67-51(61)44-41-38-35-32-27-21-18-15-12-9-6-3/h39,42,47-50,52-54,56,58-60,62-63H,4-38,40-41,43-46H2,1-3H3,(H,57,64)/b42-39+. The Balaban J connectivity index is 2.74. The highest BCUT2D eigenvalue weighted by atomic mass is 16.7. The predicted octanol–water partition coefficient (Wildman–Crippen LogP) is 12.4. The molecule has 8 unspecified atom stereocenters. The Morgan fingerprint density at radius 1 is 0.567 bits per heavy atom. The molecule has 6 N–H and O–H groups in total. The fourth-order valence-corrected chi connectivity index (χ4v) is 9.12. The molecule has 0 saturated carbocycles. The van der Waals surface area contributed by atoms with Crippen molar-refractivity contribution < 1.29 is 49.3 Å². The first-order chi connectivity index (χ1) is 32.7. The van der Waals surface area contributed by atoms with Crippen LogP contribution in [0.4, 0.5) is 0 Å². The number of carbonyl (C=O) groups is 2. The van der Waals surface area contributed by atoms with Crippen molar-refractivity contribution >= 4 is 11.9 Å². The molecule has 0 spiro atoms. The molecule has 396 valence electrons. The molecule has 0 radical (unpaired) electrons. The average Bonchev–Trinajstić information content (AvgIpc) is 3.32. The highest BCUT2D eigenvalue weighted by Gasteiger charge is 2.47. The molecular weight excluding hydrogens is 847 g/mol. The lowest BCUT2D eigenvalue weighted by molar-refractivity contribution is -0.305. The van der Waals surface area contributed by atoms with Crippen molar-refractivity contribution in [1.29, 1.82) is 0 Å². The number of carbonyl (C=O) groups excluding carboxylic acids is 2. The van der Waals surface area contributed by atoms with Crippen LogP contribution in [-0.4, -0.2) is 99.6 Å². The summed E-state index contributed by atoms with van der Waals surface area (Å²) in [4.78, 5) is 26.4. The average molecular weight is 954 g/mol. The number of allylic oxidation sites excluding steroid dienone is 1. The molecule has 11 nitrogen and oxygen atoms in total. The van der Waals surface area contributed by atoms with Crippen LogP contribution in [-0.2, 0) is 23.8 Å². The predicted molar refractivity (Wildman–Crippen MR) is 274 cm³/mol. The minimum Gasteiger partial charge on any atom is -0.454 e. The molecule has 1 aliphatic heterocycles. The number of nitrogens with one attached hydrogen (secondary N) is 1. The number of hydrogen-bond donors (Lipinski definition) is 6. The highest BCUT2D eigenvalue weighted by Crippen LogP contribution is 2.26. The largest absolute Gasteiger partial charge is 0.454 e. The Morgan fingerprint density at radius 3 is 1.40 bits per heavy atom. The summed E-state index contributed by atoms with van der Waals surface area (Å²) in [5.74, 6) is -1.18. The zero-order valence-electron chi connectivity index (χ0n) is 43.5. The van der Waals surface area contributed by atoms with Crippen molar-refractivity contribution in [3.8, 4) is 0 Å². The normalized spacial score (nSPS) is 20.0. The molecule has 1 amide bonds. The van der Waals surface area contributed by atoms with Gasteiger partial charge in [0.05, 0.1) is 25.4 Å². The molecule has 0 aromatic heterocycles. The Kier molecular flexibility index (Phi) is 43.1. The van der Waals surface area contributed by atoms with E-state index in [-0.39, 0.29) is 13.0 Å². The molecule has 1 fully saturated rings. The SMILES string of the molecule is CCCCCCCCCCCCC/C=C/C(O)C(COC1OC(CO)C(O)C(O)C1OC(=O)CCCCCCCCCCCCC)NC(=O)C(O)CCCCCCCCCCCCCCCC. The zero-order chi connectivity index (χ0) is 49.0. The van der Waals surface area contributed by atoms with Gasteiger partial charge in [0.25, 0.3) is 0 Å². The maximum absolute atomic E-state index is 13.4. The van der Waals surface area contributed by atoms with Crippen LogP contribution in [0.2, 0.25) is 0 Å². The highest BCUT2D eigenvalue weighted by molar-refractivity contribution is 5.80. The summed E-state index contributed by atoms with van der Waals surface area (Å²) in [6.07, 6.45) is 38.3. The van der Waals surface area contributed by atoms with Crippen LogP contribution < -0.4 is 5.32 Å². The molecule has 67 heavy (non-hydrogen) atoms. The third-order valence-electron chi connectivity index (χ3n) is 13.7. The molecule has 0 aromatic rings. The van der Waals surface area contributed by atoms with E-state index in [1.54, 1.807) is 6.08 Å². The van der Waals surface area contributed by atoms with E-state index >= 15 is 0 Å². The van der Waals surface area contributed by atoms with Crippen molar-refractivity contribution in [1.82, 2.24) is 5.32 Å². The summed E-state index contributed by atoms with van der Waals surface area (Å²) >= 11 is 0. The van der Waals surface area contributed by atoms with E-state index in [1.807, 2.05) is 6.08 Å². The van der Waals surface area contributed by atoms with E-state index in [2.05, 4.69) is 26.1 Å². The molecule has 11 heteroatoms. The molecule has 1 aliphatic rings. The second kappa shape index (κ2) is 45.5. The third-order valence-corrected chi connectivity index (χ3v) is 13.7. The van der Waals surface area contributed by atoms with Gasteiger partial charge >= 0.3 is 5.97 Å². The molecular formula is C56H107NO10. The number of aliphatic hydroxyl groups excluding tert-OH is 5. The van der Waals surface area contributed by atoms with Gasteiger partial charge in [0, 0.05) is 6.42 Å². The van der Waals surface area contributed by atoms with Gasteiger partial charge in [-0.2, -0.15) is 0 Å². The number of amides is 1. The van der Waals surface area contributed by atoms with Crippen molar-refractivity contribution in [2.75, 3.05) is 13.2 Å². The first kappa shape index (κ1) is 63.4. The molecule has 0 aromatic carbocycles. The molecule has 0 aliphatic carbocycles. The number of hydrogen-bond acceptors (Lipinski definition) is 10. The quantitative estimate of drug-likeness (QED) is 0.0196. The van der Waals surface area contributed by atoms with Crippen LogP contribution in [0.25, 0.3) is 0 Å². The Bertz CT molecular complexity index is 1140. The van der Waals surface area contributed by atoms with Gasteiger partial charge in [0.2, 0.25) is 5.91 Å². The van der Waals surface area contributed by atoms with E-state index in [0.717, 1.165) is 57.8 Å². The van der Waals surface area contributed by atoms with Gasteiger partial charge in [0.15, 0.2) is 12.4 Å². The topological polar surface area (TPSA) is 175 Å². The lowest BCUT2D eigenvalue weighted by Gasteiger charge is -2.41. The molecule has 0 bridgehead atoms. The van der Waals surface area contributed by atoms with Crippen LogP contribution in [0.3, 0.4) is 0 Å². The van der Waals surface area contributed by atoms with Crippen molar-refractivity contribution in [2.45, 2.75) is 320 Å². The smallest absolute Gasteiger partial charge is 0.306 e. The third kappa shape index (κ3) is 34.4. The van der Waals surface area contributed by atoms with Gasteiger partial charge in [0.1, 0.15) is 24.4 Å². The van der Waals surface area contributed by atoms with Gasteiger partial charge in [-0.3, -0.25) is 9.59 Å². The molecule has 1 heterocycles. The minimum absolute atomic E-state index is 0.130. The maximum Gasteiger partial charge on any atom is 0.306 e. The summed E-state index contributed by atoms with van der Waals surface area (Å²) in [6.45, 7) is 5.78. The van der Waals surface area contributed by atoms with Crippen molar-refractivity contribution in [3.63, 3.8) is 0 Å². The second-order valence-electron chi connectivity index (χ2n) is 20.0. The van der Waals surface area contributed by atoms with E-state index in [4.69, 9.17) is 14.2 Å². The maximum atomic E-state index is 13.4. The Hall–Kier alpha value is -1.60. The van der Waals surface area contributed by atoms with E-state index in [1.165, 1.54) is 167 Å². The molecule has 1 rings (SSSR count). The van der Waals surface area contributed by atoms with E-state index < -0.39 is 67.4 Å². The second-order valence-corrected chi connectivity index (χ2v) is 20.0. The van der Waals surface area contributed by atoms with Crippen LogP contribution >= 0.6 is 0 Å². The van der Waals surface area contributed by atoms with Crippen LogP contribution in [0.15, 0.2) is 12.2 Å². The molecule has 8 atom stereocenters. The summed E-state index contributed by atoms with van der Waals surface area (Å²) in [7, 11) is 0. The summed E-state index contributed by atoms with van der Waals surface area (Å²) in [5, 5.41) is 56.7. The first-order valence-electron chi connectivity index (χ1n) is 28.5. The lowest BCUT2D eigenvalue weighted by atomic mass is 9.99. The number of ether oxygens (including phenoxy) is 3. The van der Waals surface area contributed by atoms with Crippen LogP contribution in [0.5, 0.6) is 0 Å². The van der Waals surface area contributed by atoms with Gasteiger partial charge in [-0.25, -0.2) is 0 Å². The van der Waals surface area contributed by atoms with E-state index in [9.17, 15) is 35.1 Å². The minimum atomic E-state index is -1.60. The summed E-state index contributed by atoms with van der Waals surface area (Å²) < 4.78 is 17.5. The molecule has 1 saturated heterocycles. The first-order valence-corrected chi connectivity index (χ1v) is 28.5. The fraction of sp³-hybridized carbons (Fsp3) is 0.929. The van der Waals surface area contributed by atoms with E-state index in [0.29, 0.717) is 19.3 Å². The number of rotatable bonds is 48. The van der Waals surface area contributed by atoms with Crippen molar-refractivity contribution in [2.24, 2.45) is 0 Å². The van der Waals surface area contributed by atoms with Gasteiger partial charge in [-0.1, -0.05) is 251 Å². The van der Waals surface area contributed by atoms with Gasteiger partial charge in [-0.15, -0.1) is 0 Å². The Morgan fingerprint density at radius 2 is 0.970 bits per heavy atom. The zero-order valence-corrected chi connectivity index (χ0v) is 43.5. The lowest BCUT2D eigenvalue weighted by Crippen LogP contribution is -2.61. The van der Waals surface area contributed by atoms with Crippen molar-refractivity contribution in [3.05, 3.63) is 12.2 Å². The van der Waals surface area contributed by atoms with Gasteiger partial charge in [-0.05, 0) is 25.7 Å².